The van der Waals surface area contributed by atoms with Crippen molar-refractivity contribution in [3.8, 4) is 0 Å². The highest BCUT2D eigenvalue weighted by molar-refractivity contribution is 5.96. The molecule has 2 aromatic heterocycles. The molecule has 0 bridgehead atoms. The zero-order valence-corrected chi connectivity index (χ0v) is 23.7. The molecule has 1 aliphatic rings. The number of carbonyl (C=O) groups excluding carboxylic acids is 3. The van der Waals surface area contributed by atoms with Crippen molar-refractivity contribution in [2.75, 3.05) is 6.54 Å². The predicted molar refractivity (Wildman–Crippen MR) is 160 cm³/mol. The fourth-order valence-corrected chi connectivity index (χ4v) is 5.70. The third-order valence-electron chi connectivity index (χ3n) is 8.09. The number of aromatic nitrogens is 2. The average Bonchev–Trinajstić information content (AvgIpc) is 3.75. The Morgan fingerprint density at radius 2 is 1.44 bits per heavy atom. The Bertz CT molecular complexity index is 1640. The summed E-state index contributed by atoms with van der Waals surface area (Å²) >= 11 is 0. The van der Waals surface area contributed by atoms with Gasteiger partial charge in [0.1, 0.15) is 24.2 Å². The van der Waals surface area contributed by atoms with Crippen LogP contribution in [0.5, 0.6) is 0 Å². The molecular weight excluding hydrogens is 552 g/mol. The molecule has 5 atom stereocenters. The number of nitrogens with one attached hydrogen (secondary N) is 4. The number of likely N-dealkylation sites (tertiary alicyclic amines) is 1. The van der Waals surface area contributed by atoms with E-state index in [1.807, 2.05) is 48.5 Å². The molecule has 0 spiro atoms. The number of benzene rings is 2. The van der Waals surface area contributed by atoms with Crippen molar-refractivity contribution in [2.24, 2.45) is 5.73 Å². The van der Waals surface area contributed by atoms with Crippen LogP contribution in [0, 0.1) is 0 Å². The molecule has 1 fully saturated rings. The maximum atomic E-state index is 13.9. The first-order chi connectivity index (χ1) is 20.6. The Labute approximate surface area is 247 Å². The monoisotopic (exact) mass is 588 g/mol. The summed E-state index contributed by atoms with van der Waals surface area (Å²) in [6, 6.07) is 10.5. The van der Waals surface area contributed by atoms with Gasteiger partial charge in [-0.25, -0.2) is 4.79 Å². The Hall–Kier alpha value is -4.68. The van der Waals surface area contributed by atoms with Crippen molar-refractivity contribution in [1.29, 1.82) is 0 Å². The molecule has 0 saturated carbocycles. The van der Waals surface area contributed by atoms with E-state index in [4.69, 9.17) is 5.73 Å². The Morgan fingerprint density at radius 1 is 0.907 bits per heavy atom. The number of nitrogens with zero attached hydrogens (tertiary/aromatic N) is 1. The number of carboxylic acids is 1. The van der Waals surface area contributed by atoms with Crippen LogP contribution >= 0.6 is 0 Å². The van der Waals surface area contributed by atoms with E-state index in [2.05, 4.69) is 20.6 Å². The lowest BCUT2D eigenvalue weighted by molar-refractivity contribution is -0.149. The number of aromatic amines is 2. The fraction of sp³-hybridized carbons (Fsp3) is 0.355. The summed E-state index contributed by atoms with van der Waals surface area (Å²) in [4.78, 5) is 60.3. The SMILES string of the molecule is CC(O)C(N)C(=O)NC(Cc1c[nH]c2ccccc12)C(=O)NC(Cc1c[nH]c2ccccc12)C(=O)N1CCCC1C(=O)O. The van der Waals surface area contributed by atoms with Crippen LogP contribution in [0.3, 0.4) is 0 Å². The second-order valence-corrected chi connectivity index (χ2v) is 11.0. The predicted octanol–water partition coefficient (Wildman–Crippen LogP) is 1.19. The normalized spacial score (nSPS) is 17.8. The lowest BCUT2D eigenvalue weighted by Crippen LogP contribution is -2.59. The first-order valence-corrected chi connectivity index (χ1v) is 14.3. The largest absolute Gasteiger partial charge is 0.480 e. The molecule has 5 rings (SSSR count). The molecule has 0 radical (unpaired) electrons. The first kappa shape index (κ1) is 29.8. The van der Waals surface area contributed by atoms with Crippen molar-refractivity contribution in [3.05, 3.63) is 72.1 Å². The van der Waals surface area contributed by atoms with Gasteiger partial charge in [0.15, 0.2) is 0 Å². The maximum Gasteiger partial charge on any atom is 0.326 e. The van der Waals surface area contributed by atoms with Gasteiger partial charge in [0, 0.05) is 53.6 Å². The summed E-state index contributed by atoms with van der Waals surface area (Å²) < 4.78 is 0. The van der Waals surface area contributed by atoms with E-state index in [9.17, 15) is 29.4 Å². The number of carboxylic acid groups (broad SMARTS) is 1. The van der Waals surface area contributed by atoms with E-state index in [0.29, 0.717) is 12.8 Å². The lowest BCUT2D eigenvalue weighted by Gasteiger charge is -2.29. The van der Waals surface area contributed by atoms with Gasteiger partial charge in [-0.15, -0.1) is 0 Å². The second kappa shape index (κ2) is 12.7. The van der Waals surface area contributed by atoms with Crippen molar-refractivity contribution in [1.82, 2.24) is 25.5 Å². The van der Waals surface area contributed by atoms with Crippen LogP contribution in [-0.2, 0) is 32.0 Å². The van der Waals surface area contributed by atoms with Gasteiger partial charge in [0.05, 0.1) is 6.10 Å². The van der Waals surface area contributed by atoms with Gasteiger partial charge in [-0.1, -0.05) is 36.4 Å². The summed E-state index contributed by atoms with van der Waals surface area (Å²) in [5.74, 6) is -2.97. The van der Waals surface area contributed by atoms with Gasteiger partial charge in [0.25, 0.3) is 0 Å². The zero-order chi connectivity index (χ0) is 30.7. The van der Waals surface area contributed by atoms with E-state index in [1.54, 1.807) is 12.4 Å². The molecule has 3 heterocycles. The standard InChI is InChI=1S/C31H36N6O6/c1-17(38)27(32)29(40)35-24(13-18-15-33-22-9-4-2-7-20(18)22)28(39)36-25(30(41)37-12-6-11-26(37)31(42)43)14-19-16-34-23-10-5-3-8-21(19)23/h2-5,7-10,15-17,24-27,33-34,38H,6,11-14,32H2,1H3,(H,35,40)(H,36,39)(H,42,43). The highest BCUT2D eigenvalue weighted by Gasteiger charge is 2.39. The van der Waals surface area contributed by atoms with Crippen molar-refractivity contribution in [2.45, 2.75) is 62.9 Å². The minimum Gasteiger partial charge on any atom is -0.480 e. The van der Waals surface area contributed by atoms with Crippen molar-refractivity contribution >= 4 is 45.5 Å². The number of aliphatic carboxylic acids is 1. The van der Waals surface area contributed by atoms with E-state index in [0.717, 1.165) is 32.9 Å². The molecule has 1 saturated heterocycles. The summed E-state index contributed by atoms with van der Waals surface area (Å²) in [6.45, 7) is 1.64. The number of aliphatic hydroxyl groups is 1. The van der Waals surface area contributed by atoms with Gasteiger partial charge in [-0.05, 0) is 43.0 Å². The third-order valence-corrected chi connectivity index (χ3v) is 8.09. The van der Waals surface area contributed by atoms with Crippen LogP contribution in [0.2, 0.25) is 0 Å². The molecule has 3 amide bonds. The summed E-state index contributed by atoms with van der Waals surface area (Å²) in [6.07, 6.45) is 3.39. The fourth-order valence-electron chi connectivity index (χ4n) is 5.70. The van der Waals surface area contributed by atoms with Gasteiger partial charge in [-0.2, -0.15) is 0 Å². The van der Waals surface area contributed by atoms with Gasteiger partial charge < -0.3 is 41.4 Å². The van der Waals surface area contributed by atoms with Crippen LogP contribution in [0.4, 0.5) is 0 Å². The summed E-state index contributed by atoms with van der Waals surface area (Å²) in [5.41, 5.74) is 9.11. The zero-order valence-electron chi connectivity index (χ0n) is 23.7. The van der Waals surface area contributed by atoms with E-state index in [1.165, 1.54) is 11.8 Å². The molecule has 12 heteroatoms. The molecule has 2 aromatic carbocycles. The van der Waals surface area contributed by atoms with Gasteiger partial charge >= 0.3 is 5.97 Å². The van der Waals surface area contributed by atoms with Crippen LogP contribution in [0.1, 0.15) is 30.9 Å². The number of H-pyrrole nitrogens is 2. The highest BCUT2D eigenvalue weighted by atomic mass is 16.4. The number of fused-ring (bicyclic) bond motifs is 2. The second-order valence-electron chi connectivity index (χ2n) is 11.0. The number of hydrogen-bond donors (Lipinski definition) is 7. The minimum absolute atomic E-state index is 0.0730. The van der Waals surface area contributed by atoms with Crippen LogP contribution in [0.25, 0.3) is 21.8 Å². The molecule has 5 unspecified atom stereocenters. The smallest absolute Gasteiger partial charge is 0.326 e. The Balaban J connectivity index is 1.46. The minimum atomic E-state index is -1.28. The van der Waals surface area contributed by atoms with E-state index >= 15 is 0 Å². The van der Waals surface area contributed by atoms with E-state index < -0.39 is 54.0 Å². The summed E-state index contributed by atoms with van der Waals surface area (Å²) in [7, 11) is 0. The number of para-hydroxylation sites is 2. The van der Waals surface area contributed by atoms with E-state index in [-0.39, 0.29) is 19.4 Å². The number of nitrogens with two attached hydrogens (primary N) is 1. The number of hydrogen-bond acceptors (Lipinski definition) is 6. The Morgan fingerprint density at radius 3 is 2.00 bits per heavy atom. The average molecular weight is 589 g/mol. The quantitative estimate of drug-likeness (QED) is 0.137. The number of amides is 3. The van der Waals surface area contributed by atoms with Crippen LogP contribution in [0.15, 0.2) is 60.9 Å². The number of aliphatic hydroxyl groups excluding tert-OH is 1. The molecule has 12 nitrogen and oxygen atoms in total. The van der Waals surface area contributed by atoms with Crippen molar-refractivity contribution < 1.29 is 29.4 Å². The van der Waals surface area contributed by atoms with Crippen LogP contribution < -0.4 is 16.4 Å². The molecule has 0 aliphatic carbocycles. The maximum absolute atomic E-state index is 13.9. The molecule has 1 aliphatic heterocycles. The molecule has 226 valence electrons. The molecular formula is C31H36N6O6. The first-order valence-electron chi connectivity index (χ1n) is 14.3. The Kier molecular flexibility index (Phi) is 8.78. The van der Waals surface area contributed by atoms with Gasteiger partial charge in [-0.3, -0.25) is 14.4 Å². The summed E-state index contributed by atoms with van der Waals surface area (Å²) in [5, 5.41) is 26.8. The number of carbonyl (C=O) groups is 4. The molecule has 8 N–H and O–H groups in total. The highest BCUT2D eigenvalue weighted by Crippen LogP contribution is 2.24. The third kappa shape index (κ3) is 6.40. The van der Waals surface area contributed by atoms with Crippen LogP contribution in [-0.4, -0.2) is 85.6 Å². The van der Waals surface area contributed by atoms with Crippen molar-refractivity contribution in [3.63, 3.8) is 0 Å². The molecule has 43 heavy (non-hydrogen) atoms. The number of rotatable bonds is 11. The topological polar surface area (TPSA) is 194 Å². The van der Waals surface area contributed by atoms with Gasteiger partial charge in [0.2, 0.25) is 17.7 Å². The molecule has 4 aromatic rings. The lowest BCUT2D eigenvalue weighted by atomic mass is 10.0.